The molecular formula is C17H19N7O3S. The zero-order chi connectivity index (χ0) is 19.9. The molecule has 10 nitrogen and oxygen atoms in total. The van der Waals surface area contributed by atoms with Crippen LogP contribution in [0.25, 0.3) is 22.3 Å². The van der Waals surface area contributed by atoms with E-state index in [1.165, 1.54) is 10.6 Å². The Labute approximate surface area is 161 Å². The second-order valence-electron chi connectivity index (χ2n) is 6.82. The highest BCUT2D eigenvalue weighted by Crippen LogP contribution is 2.36. The topological polar surface area (TPSA) is 141 Å². The van der Waals surface area contributed by atoms with Crippen molar-refractivity contribution in [3.8, 4) is 17.3 Å². The number of rotatable bonds is 6. The van der Waals surface area contributed by atoms with Crippen molar-refractivity contribution < 1.29 is 13.5 Å². The van der Waals surface area contributed by atoms with Gasteiger partial charge in [0.05, 0.1) is 42.1 Å². The molecule has 0 unspecified atom stereocenters. The van der Waals surface area contributed by atoms with Gasteiger partial charge in [-0.3, -0.25) is 4.68 Å². The molecule has 0 bridgehead atoms. The summed E-state index contributed by atoms with van der Waals surface area (Å²) in [6.07, 6.45) is 6.66. The molecule has 28 heavy (non-hydrogen) atoms. The summed E-state index contributed by atoms with van der Waals surface area (Å²) in [6, 6.07) is 2.15. The fraction of sp³-hybridized carbons (Fsp3) is 0.412. The molecule has 1 fully saturated rings. The van der Waals surface area contributed by atoms with Gasteiger partial charge in [0, 0.05) is 36.6 Å². The predicted molar refractivity (Wildman–Crippen MR) is 100 cm³/mol. The van der Waals surface area contributed by atoms with Gasteiger partial charge >= 0.3 is 0 Å². The molecule has 3 aromatic rings. The second kappa shape index (κ2) is 6.66. The number of hydrogen-bond acceptors (Lipinski definition) is 7. The lowest BCUT2D eigenvalue weighted by Crippen LogP contribution is -2.64. The van der Waals surface area contributed by atoms with E-state index in [0.717, 1.165) is 0 Å². The maximum absolute atomic E-state index is 12.1. The average Bonchev–Trinajstić information content (AvgIpc) is 3.31. The first kappa shape index (κ1) is 18.5. The number of aliphatic hydroxyl groups is 1. The molecule has 0 amide bonds. The van der Waals surface area contributed by atoms with Gasteiger partial charge in [0.25, 0.3) is 0 Å². The van der Waals surface area contributed by atoms with Gasteiger partial charge in [0.2, 0.25) is 10.0 Å². The fourth-order valence-electron chi connectivity index (χ4n) is 3.55. The highest BCUT2D eigenvalue weighted by Gasteiger charge is 2.49. The summed E-state index contributed by atoms with van der Waals surface area (Å²) < 4.78 is 27.2. The van der Waals surface area contributed by atoms with Crippen molar-refractivity contribution in [3.63, 3.8) is 0 Å². The number of fused-ring (bicyclic) bond motifs is 1. The van der Waals surface area contributed by atoms with E-state index in [9.17, 15) is 18.8 Å². The first-order valence-electron chi connectivity index (χ1n) is 8.76. The molecule has 0 spiro atoms. The van der Waals surface area contributed by atoms with Crippen LogP contribution in [0.5, 0.6) is 0 Å². The summed E-state index contributed by atoms with van der Waals surface area (Å²) in [4.78, 5) is 11.5. The summed E-state index contributed by atoms with van der Waals surface area (Å²) >= 11 is 0. The molecule has 146 valence electrons. The first-order chi connectivity index (χ1) is 13.4. The Morgan fingerprint density at radius 1 is 1.39 bits per heavy atom. The largest absolute Gasteiger partial charge is 0.392 e. The first-order valence-corrected chi connectivity index (χ1v) is 10.4. The Balaban J connectivity index is 1.72. The molecule has 3 aromatic heterocycles. The van der Waals surface area contributed by atoms with Crippen LogP contribution in [-0.4, -0.2) is 61.4 Å². The molecule has 1 saturated heterocycles. The molecule has 0 saturated carbocycles. The molecule has 0 radical (unpaired) electrons. The van der Waals surface area contributed by atoms with Gasteiger partial charge in [-0.2, -0.15) is 14.7 Å². The van der Waals surface area contributed by atoms with Crippen LogP contribution in [0.1, 0.15) is 18.9 Å². The van der Waals surface area contributed by atoms with E-state index in [0.29, 0.717) is 27.9 Å². The quantitative estimate of drug-likeness (QED) is 0.616. The van der Waals surface area contributed by atoms with Crippen LogP contribution in [0, 0.1) is 11.3 Å². The van der Waals surface area contributed by atoms with Gasteiger partial charge < -0.3 is 10.1 Å². The van der Waals surface area contributed by atoms with Crippen molar-refractivity contribution in [1.82, 2.24) is 29.0 Å². The molecular weight excluding hydrogens is 382 g/mol. The van der Waals surface area contributed by atoms with Crippen LogP contribution in [0.2, 0.25) is 0 Å². The van der Waals surface area contributed by atoms with E-state index in [2.05, 4.69) is 26.1 Å². The van der Waals surface area contributed by atoms with Gasteiger partial charge in [-0.05, 0) is 6.92 Å². The lowest BCUT2D eigenvalue weighted by atomic mass is 9.89. The molecule has 1 aliphatic rings. The minimum Gasteiger partial charge on any atom is -0.392 e. The molecule has 0 aromatic carbocycles. The molecule has 0 atom stereocenters. The molecule has 1 aliphatic heterocycles. The monoisotopic (exact) mass is 401 g/mol. The summed E-state index contributed by atoms with van der Waals surface area (Å²) in [5, 5.41) is 24.0. The van der Waals surface area contributed by atoms with Crippen molar-refractivity contribution in [2.45, 2.75) is 25.5 Å². The van der Waals surface area contributed by atoms with Crippen molar-refractivity contribution in [1.29, 1.82) is 5.26 Å². The Morgan fingerprint density at radius 2 is 2.18 bits per heavy atom. The smallest absolute Gasteiger partial charge is 0.213 e. The Bertz CT molecular complexity index is 1170. The van der Waals surface area contributed by atoms with Crippen LogP contribution in [0.4, 0.5) is 0 Å². The molecule has 4 rings (SSSR count). The summed E-state index contributed by atoms with van der Waals surface area (Å²) in [7, 11) is -3.30. The number of nitriles is 1. The number of aromatic nitrogens is 5. The van der Waals surface area contributed by atoms with Gasteiger partial charge in [-0.15, -0.1) is 0 Å². The number of hydrogen-bond donors (Lipinski definition) is 2. The number of aliphatic hydroxyl groups excluding tert-OH is 1. The van der Waals surface area contributed by atoms with Crippen molar-refractivity contribution >= 4 is 21.1 Å². The highest BCUT2D eigenvalue weighted by atomic mass is 32.2. The summed E-state index contributed by atoms with van der Waals surface area (Å²) in [6.45, 7) is 1.87. The average molecular weight is 401 g/mol. The van der Waals surface area contributed by atoms with Gasteiger partial charge in [0.15, 0.2) is 0 Å². The highest BCUT2D eigenvalue weighted by molar-refractivity contribution is 7.89. The van der Waals surface area contributed by atoms with E-state index >= 15 is 0 Å². The van der Waals surface area contributed by atoms with E-state index < -0.39 is 15.6 Å². The minimum absolute atomic E-state index is 0.0241. The van der Waals surface area contributed by atoms with Crippen LogP contribution in [0.15, 0.2) is 24.9 Å². The third-order valence-corrected chi connectivity index (χ3v) is 6.95. The van der Waals surface area contributed by atoms with E-state index in [1.54, 1.807) is 30.2 Å². The summed E-state index contributed by atoms with van der Waals surface area (Å²) in [5.41, 5.74) is 1.91. The van der Waals surface area contributed by atoms with Crippen LogP contribution >= 0.6 is 0 Å². The van der Waals surface area contributed by atoms with Gasteiger partial charge in [-0.1, -0.05) is 0 Å². The normalized spacial score (nSPS) is 16.8. The SMILES string of the molecule is CCS(=O)(=O)N1CC(CC#N)(n2cc(-c3ncnc4[nH]cc(CO)c34)cn2)C1. The Morgan fingerprint density at radius 3 is 2.86 bits per heavy atom. The summed E-state index contributed by atoms with van der Waals surface area (Å²) in [5.74, 6) is 0.0241. The van der Waals surface area contributed by atoms with Crippen molar-refractivity contribution in [2.24, 2.45) is 0 Å². The molecule has 11 heteroatoms. The fourth-order valence-corrected chi connectivity index (χ4v) is 4.79. The number of aromatic amines is 1. The lowest BCUT2D eigenvalue weighted by Gasteiger charge is -2.47. The number of H-pyrrole nitrogens is 1. The third-order valence-electron chi connectivity index (χ3n) is 5.17. The van der Waals surface area contributed by atoms with Crippen LogP contribution in [-0.2, 0) is 22.2 Å². The van der Waals surface area contributed by atoms with Crippen molar-refractivity contribution in [2.75, 3.05) is 18.8 Å². The van der Waals surface area contributed by atoms with Crippen LogP contribution < -0.4 is 0 Å². The van der Waals surface area contributed by atoms with E-state index in [4.69, 9.17) is 0 Å². The minimum atomic E-state index is -3.30. The Hall–Kier alpha value is -2.81. The number of nitrogens with one attached hydrogen (secondary N) is 1. The number of sulfonamides is 1. The third kappa shape index (κ3) is 2.77. The van der Waals surface area contributed by atoms with Gasteiger partial charge in [0.1, 0.15) is 17.5 Å². The van der Waals surface area contributed by atoms with Gasteiger partial charge in [-0.25, -0.2) is 18.4 Å². The van der Waals surface area contributed by atoms with E-state index in [1.807, 2.05) is 0 Å². The van der Waals surface area contributed by atoms with E-state index in [-0.39, 0.29) is 31.9 Å². The van der Waals surface area contributed by atoms with Crippen LogP contribution in [0.3, 0.4) is 0 Å². The molecule has 2 N–H and O–H groups in total. The maximum atomic E-state index is 12.1. The maximum Gasteiger partial charge on any atom is 0.213 e. The Kier molecular flexibility index (Phi) is 4.41. The molecule has 0 aliphatic carbocycles. The predicted octanol–water partition coefficient (Wildman–Crippen LogP) is 0.588. The zero-order valence-corrected chi connectivity index (χ0v) is 16.0. The standard InChI is InChI=1S/C17H19N7O3S/c1-2-28(26,27)23-9-17(10-23,3-4-18)24-7-12(6-22-24)15-14-13(8-25)5-19-16(14)21-11-20-15/h5-7,11,25H,2-3,8-10H2,1H3,(H,19,20,21). The molecule has 4 heterocycles. The second-order valence-corrected chi connectivity index (χ2v) is 9.08. The lowest BCUT2D eigenvalue weighted by molar-refractivity contribution is 0.0719. The van der Waals surface area contributed by atoms with Crippen molar-refractivity contribution in [3.05, 3.63) is 30.5 Å². The number of nitrogens with zero attached hydrogens (tertiary/aromatic N) is 6. The zero-order valence-electron chi connectivity index (χ0n) is 15.2.